The second-order valence-corrected chi connectivity index (χ2v) is 9.09. The summed E-state index contributed by atoms with van der Waals surface area (Å²) in [7, 11) is 0. The van der Waals surface area contributed by atoms with Gasteiger partial charge in [-0.15, -0.1) is 0 Å². The summed E-state index contributed by atoms with van der Waals surface area (Å²) in [6.45, 7) is 2.74. The molecule has 1 fully saturated rings. The predicted octanol–water partition coefficient (Wildman–Crippen LogP) is 5.30. The zero-order valence-corrected chi connectivity index (χ0v) is 20.1. The molecule has 0 bridgehead atoms. The Labute approximate surface area is 191 Å². The first-order chi connectivity index (χ1) is 15.2. The molecule has 5 heteroatoms. The van der Waals surface area contributed by atoms with Crippen molar-refractivity contribution in [1.82, 2.24) is 0 Å². The number of rotatable bonds is 21. The lowest BCUT2D eigenvalue weighted by atomic mass is 10.1. The van der Waals surface area contributed by atoms with Gasteiger partial charge in [-0.2, -0.15) is 0 Å². The second-order valence-electron chi connectivity index (χ2n) is 9.09. The lowest BCUT2D eigenvalue weighted by Gasteiger charge is -2.20. The highest BCUT2D eigenvalue weighted by atomic mass is 16.6. The van der Waals surface area contributed by atoms with Crippen LogP contribution in [0.4, 0.5) is 0 Å². The third kappa shape index (κ3) is 14.3. The van der Waals surface area contributed by atoms with Crippen LogP contribution >= 0.6 is 0 Å². The Kier molecular flexibility index (Phi) is 18.6. The van der Waals surface area contributed by atoms with Gasteiger partial charge in [0.15, 0.2) is 0 Å². The highest BCUT2D eigenvalue weighted by molar-refractivity contribution is 4.88. The smallest absolute Gasteiger partial charge is 0.114 e. The largest absolute Gasteiger partial charge is 0.394 e. The quantitative estimate of drug-likeness (QED) is 0.166. The van der Waals surface area contributed by atoms with Crippen molar-refractivity contribution in [1.29, 1.82) is 0 Å². The number of aliphatic hydroxyl groups excluding tert-OH is 3. The molecule has 0 aromatic rings. The molecule has 0 aliphatic carbocycles. The van der Waals surface area contributed by atoms with Gasteiger partial charge in [0.2, 0.25) is 0 Å². The molecule has 0 amide bonds. The van der Waals surface area contributed by atoms with Gasteiger partial charge in [-0.1, -0.05) is 89.7 Å². The van der Waals surface area contributed by atoms with Crippen molar-refractivity contribution in [3.63, 3.8) is 0 Å². The Balaban J connectivity index is 1.79. The van der Waals surface area contributed by atoms with E-state index in [9.17, 15) is 10.2 Å². The Morgan fingerprint density at radius 1 is 0.839 bits per heavy atom. The van der Waals surface area contributed by atoms with Crippen molar-refractivity contribution in [3.8, 4) is 0 Å². The van der Waals surface area contributed by atoms with Gasteiger partial charge in [-0.05, 0) is 32.1 Å². The standard InChI is InChI=1S/C26H50O5/c1-2-3-4-5-6-7-8-9-10-11-12-13-14-15-16-17-18-19-20-30-24-22-31-26(25(24)29)23(28)21-27/h8-9,23-29H,2-7,10-22H2,1H3/b9-8+/t23-,24+,25-,26-/m1/s1. The van der Waals surface area contributed by atoms with E-state index in [1.807, 2.05) is 0 Å². The number of unbranched alkanes of at least 4 members (excludes halogenated alkanes) is 14. The van der Waals surface area contributed by atoms with Crippen molar-refractivity contribution >= 4 is 0 Å². The van der Waals surface area contributed by atoms with Crippen LogP contribution in [0.5, 0.6) is 0 Å². The van der Waals surface area contributed by atoms with E-state index >= 15 is 0 Å². The van der Waals surface area contributed by atoms with Gasteiger partial charge in [0.25, 0.3) is 0 Å². The first-order valence-corrected chi connectivity index (χ1v) is 13.1. The molecule has 0 radical (unpaired) electrons. The number of ether oxygens (including phenoxy) is 2. The molecule has 3 N–H and O–H groups in total. The van der Waals surface area contributed by atoms with Gasteiger partial charge in [0, 0.05) is 6.61 Å². The third-order valence-corrected chi connectivity index (χ3v) is 6.22. The molecule has 184 valence electrons. The molecule has 0 unspecified atom stereocenters. The van der Waals surface area contributed by atoms with Gasteiger partial charge in [0.1, 0.15) is 24.4 Å². The summed E-state index contributed by atoms with van der Waals surface area (Å²) < 4.78 is 11.0. The highest BCUT2D eigenvalue weighted by Crippen LogP contribution is 2.20. The zero-order chi connectivity index (χ0) is 22.6. The Morgan fingerprint density at radius 3 is 1.90 bits per heavy atom. The molecule has 4 atom stereocenters. The fourth-order valence-electron chi connectivity index (χ4n) is 4.14. The fraction of sp³-hybridized carbons (Fsp3) is 0.923. The summed E-state index contributed by atoms with van der Waals surface area (Å²) in [5.41, 5.74) is 0. The molecule has 31 heavy (non-hydrogen) atoms. The van der Waals surface area contributed by atoms with E-state index in [2.05, 4.69) is 19.1 Å². The van der Waals surface area contributed by atoms with Gasteiger partial charge in [-0.25, -0.2) is 0 Å². The molecule has 1 aliphatic heterocycles. The summed E-state index contributed by atoms with van der Waals surface area (Å²) in [5.74, 6) is 0. The maximum atomic E-state index is 10.1. The van der Waals surface area contributed by atoms with Gasteiger partial charge >= 0.3 is 0 Å². The molecular weight excluding hydrogens is 392 g/mol. The summed E-state index contributed by atoms with van der Waals surface area (Å²) in [4.78, 5) is 0. The lowest BCUT2D eigenvalue weighted by Crippen LogP contribution is -2.41. The molecule has 1 heterocycles. The monoisotopic (exact) mass is 442 g/mol. The van der Waals surface area contributed by atoms with Crippen molar-refractivity contribution in [3.05, 3.63) is 12.2 Å². The number of hydrogen-bond donors (Lipinski definition) is 3. The fourth-order valence-corrected chi connectivity index (χ4v) is 4.14. The molecule has 1 aliphatic rings. The summed E-state index contributed by atoms with van der Waals surface area (Å²) in [6, 6.07) is 0. The normalized spacial score (nSPS) is 22.5. The average molecular weight is 443 g/mol. The van der Waals surface area contributed by atoms with E-state index in [0.29, 0.717) is 6.61 Å². The molecule has 5 nitrogen and oxygen atoms in total. The Bertz CT molecular complexity index is 415. The van der Waals surface area contributed by atoms with Gasteiger partial charge < -0.3 is 24.8 Å². The average Bonchev–Trinajstić information content (AvgIpc) is 3.15. The number of hydrogen-bond acceptors (Lipinski definition) is 5. The van der Waals surface area contributed by atoms with Crippen molar-refractivity contribution in [2.75, 3.05) is 19.8 Å². The van der Waals surface area contributed by atoms with E-state index in [0.717, 1.165) is 12.8 Å². The zero-order valence-electron chi connectivity index (χ0n) is 20.1. The van der Waals surface area contributed by atoms with Crippen LogP contribution < -0.4 is 0 Å². The SMILES string of the molecule is CCCCCCC/C=C/CCCCCCCCCCCO[C@H]1CO[C@H]([C@H](O)CO)[C@@H]1O. The Morgan fingerprint density at radius 2 is 1.35 bits per heavy atom. The maximum Gasteiger partial charge on any atom is 0.114 e. The number of allylic oxidation sites excluding steroid dienone is 2. The molecule has 1 saturated heterocycles. The van der Waals surface area contributed by atoms with Gasteiger partial charge in [-0.3, -0.25) is 0 Å². The van der Waals surface area contributed by atoms with Crippen molar-refractivity contribution < 1.29 is 24.8 Å². The minimum absolute atomic E-state index is 0.276. The predicted molar refractivity (Wildman–Crippen MR) is 127 cm³/mol. The molecule has 0 spiro atoms. The lowest BCUT2D eigenvalue weighted by molar-refractivity contribution is -0.0730. The van der Waals surface area contributed by atoms with Crippen LogP contribution in [-0.4, -0.2) is 59.6 Å². The number of aliphatic hydroxyl groups is 3. The van der Waals surface area contributed by atoms with E-state index in [-0.39, 0.29) is 6.61 Å². The minimum Gasteiger partial charge on any atom is -0.394 e. The van der Waals surface area contributed by atoms with Crippen LogP contribution in [-0.2, 0) is 9.47 Å². The summed E-state index contributed by atoms with van der Waals surface area (Å²) in [6.07, 6.45) is 22.4. The Hall–Kier alpha value is -0.460. The van der Waals surface area contributed by atoms with Crippen molar-refractivity contribution in [2.24, 2.45) is 0 Å². The third-order valence-electron chi connectivity index (χ3n) is 6.22. The van der Waals surface area contributed by atoms with E-state index < -0.39 is 31.0 Å². The second kappa shape index (κ2) is 20.2. The van der Waals surface area contributed by atoms with Crippen LogP contribution in [0.25, 0.3) is 0 Å². The van der Waals surface area contributed by atoms with Crippen LogP contribution in [0.2, 0.25) is 0 Å². The first-order valence-electron chi connectivity index (χ1n) is 13.1. The van der Waals surface area contributed by atoms with Crippen LogP contribution in [0.3, 0.4) is 0 Å². The summed E-state index contributed by atoms with van der Waals surface area (Å²) in [5, 5.41) is 28.6. The van der Waals surface area contributed by atoms with Crippen molar-refractivity contribution in [2.45, 2.75) is 134 Å². The van der Waals surface area contributed by atoms with Crippen LogP contribution in [0.1, 0.15) is 110 Å². The first kappa shape index (κ1) is 28.6. The summed E-state index contributed by atoms with van der Waals surface area (Å²) >= 11 is 0. The minimum atomic E-state index is -1.05. The van der Waals surface area contributed by atoms with E-state index in [1.165, 1.54) is 89.9 Å². The maximum absolute atomic E-state index is 10.1. The molecule has 1 rings (SSSR count). The van der Waals surface area contributed by atoms with E-state index in [1.54, 1.807) is 0 Å². The molecular formula is C26H50O5. The topological polar surface area (TPSA) is 79.2 Å². The van der Waals surface area contributed by atoms with E-state index in [4.69, 9.17) is 14.6 Å². The van der Waals surface area contributed by atoms with Gasteiger partial charge in [0.05, 0.1) is 13.2 Å². The van der Waals surface area contributed by atoms with Crippen LogP contribution in [0, 0.1) is 0 Å². The molecule has 0 aromatic carbocycles. The van der Waals surface area contributed by atoms with Crippen LogP contribution in [0.15, 0.2) is 12.2 Å². The molecule has 0 saturated carbocycles. The highest BCUT2D eigenvalue weighted by Gasteiger charge is 2.40. The molecule has 0 aromatic heterocycles.